The Hall–Kier alpha value is -3.10. The SMILES string of the molecule is O=C(Nc1ncn(Cc2cccc(Cl)c2)n1)c1ccc(COc2ccccc2Br)o1. The van der Waals surface area contributed by atoms with Gasteiger partial charge in [0.1, 0.15) is 24.4 Å². The van der Waals surface area contributed by atoms with Gasteiger partial charge < -0.3 is 9.15 Å². The first-order valence-electron chi connectivity index (χ1n) is 8.98. The Kier molecular flexibility index (Phi) is 6.15. The van der Waals surface area contributed by atoms with Gasteiger partial charge in [-0.2, -0.15) is 0 Å². The number of benzene rings is 2. The predicted molar refractivity (Wildman–Crippen MR) is 116 cm³/mol. The molecule has 0 spiro atoms. The van der Waals surface area contributed by atoms with Gasteiger partial charge in [0.05, 0.1) is 11.0 Å². The summed E-state index contributed by atoms with van der Waals surface area (Å²) in [5.41, 5.74) is 0.978. The number of furan rings is 1. The van der Waals surface area contributed by atoms with Crippen molar-refractivity contribution in [3.8, 4) is 5.75 Å². The average molecular weight is 488 g/mol. The van der Waals surface area contributed by atoms with Gasteiger partial charge in [0.25, 0.3) is 5.91 Å². The number of nitrogens with zero attached hydrogens (tertiary/aromatic N) is 3. The topological polar surface area (TPSA) is 82.2 Å². The van der Waals surface area contributed by atoms with E-state index in [4.69, 9.17) is 20.8 Å². The number of hydrogen-bond acceptors (Lipinski definition) is 5. The third-order valence-electron chi connectivity index (χ3n) is 4.09. The average Bonchev–Trinajstić information content (AvgIpc) is 3.37. The second kappa shape index (κ2) is 9.15. The van der Waals surface area contributed by atoms with Gasteiger partial charge in [-0.25, -0.2) is 9.67 Å². The molecule has 9 heteroatoms. The maximum absolute atomic E-state index is 12.4. The van der Waals surface area contributed by atoms with Crippen LogP contribution in [0.5, 0.6) is 5.75 Å². The van der Waals surface area contributed by atoms with Crippen molar-refractivity contribution in [3.05, 3.63) is 93.6 Å². The largest absolute Gasteiger partial charge is 0.484 e. The first-order valence-corrected chi connectivity index (χ1v) is 10.2. The normalized spacial score (nSPS) is 10.7. The van der Waals surface area contributed by atoms with Crippen LogP contribution >= 0.6 is 27.5 Å². The molecular formula is C21H16BrClN4O3. The molecule has 152 valence electrons. The summed E-state index contributed by atoms with van der Waals surface area (Å²) >= 11 is 9.42. The lowest BCUT2D eigenvalue weighted by Crippen LogP contribution is -2.12. The van der Waals surface area contributed by atoms with Crippen LogP contribution in [0.15, 0.2) is 75.9 Å². The Balaban J connectivity index is 1.34. The number of para-hydroxylation sites is 1. The summed E-state index contributed by atoms with van der Waals surface area (Å²) in [5, 5.41) is 7.53. The van der Waals surface area contributed by atoms with Gasteiger partial charge in [0, 0.05) is 5.02 Å². The zero-order valence-corrected chi connectivity index (χ0v) is 17.9. The lowest BCUT2D eigenvalue weighted by Gasteiger charge is -2.05. The van der Waals surface area contributed by atoms with Crippen molar-refractivity contribution < 1.29 is 13.9 Å². The highest BCUT2D eigenvalue weighted by atomic mass is 79.9. The van der Waals surface area contributed by atoms with Crippen LogP contribution in [0.1, 0.15) is 21.9 Å². The third kappa shape index (κ3) is 5.08. The van der Waals surface area contributed by atoms with Gasteiger partial charge in [-0.05, 0) is 57.9 Å². The van der Waals surface area contributed by atoms with E-state index in [9.17, 15) is 4.79 Å². The molecule has 0 fully saturated rings. The van der Waals surface area contributed by atoms with Crippen LogP contribution in [0.2, 0.25) is 5.02 Å². The fourth-order valence-corrected chi connectivity index (χ4v) is 3.31. The van der Waals surface area contributed by atoms with Crippen LogP contribution in [-0.2, 0) is 13.2 Å². The van der Waals surface area contributed by atoms with E-state index in [1.165, 1.54) is 6.33 Å². The third-order valence-corrected chi connectivity index (χ3v) is 4.98. The van der Waals surface area contributed by atoms with Crippen molar-refractivity contribution in [3.63, 3.8) is 0 Å². The number of aromatic nitrogens is 3. The second-order valence-corrected chi connectivity index (χ2v) is 7.63. The fourth-order valence-electron chi connectivity index (χ4n) is 2.70. The van der Waals surface area contributed by atoms with Crippen LogP contribution in [0.4, 0.5) is 5.95 Å². The van der Waals surface area contributed by atoms with E-state index in [1.807, 2.05) is 42.5 Å². The second-order valence-electron chi connectivity index (χ2n) is 6.33. The van der Waals surface area contributed by atoms with Crippen LogP contribution in [-0.4, -0.2) is 20.7 Å². The van der Waals surface area contributed by atoms with Gasteiger partial charge in [0.15, 0.2) is 5.76 Å². The van der Waals surface area contributed by atoms with Crippen molar-refractivity contribution in [1.29, 1.82) is 0 Å². The lowest BCUT2D eigenvalue weighted by molar-refractivity contribution is 0.0991. The Morgan fingerprint density at radius 3 is 2.87 bits per heavy atom. The van der Waals surface area contributed by atoms with Crippen molar-refractivity contribution in [2.75, 3.05) is 5.32 Å². The maximum Gasteiger partial charge on any atom is 0.293 e. The van der Waals surface area contributed by atoms with Crippen molar-refractivity contribution in [1.82, 2.24) is 14.8 Å². The molecule has 1 amide bonds. The monoisotopic (exact) mass is 486 g/mol. The number of rotatable bonds is 7. The Morgan fingerprint density at radius 2 is 2.03 bits per heavy atom. The smallest absolute Gasteiger partial charge is 0.293 e. The van der Waals surface area contributed by atoms with Crippen LogP contribution < -0.4 is 10.1 Å². The number of ether oxygens (including phenoxy) is 1. The molecule has 0 aliphatic carbocycles. The number of carbonyl (C=O) groups excluding carboxylic acids is 1. The highest BCUT2D eigenvalue weighted by Gasteiger charge is 2.14. The Bertz CT molecular complexity index is 1170. The number of anilines is 1. The molecule has 7 nitrogen and oxygen atoms in total. The summed E-state index contributed by atoms with van der Waals surface area (Å²) in [5.74, 6) is 1.10. The molecule has 0 bridgehead atoms. The Labute approximate surface area is 185 Å². The zero-order chi connectivity index (χ0) is 20.9. The van der Waals surface area contributed by atoms with E-state index in [1.54, 1.807) is 22.9 Å². The van der Waals surface area contributed by atoms with Crippen molar-refractivity contribution in [2.24, 2.45) is 0 Å². The molecule has 0 atom stereocenters. The summed E-state index contributed by atoms with van der Waals surface area (Å²) < 4.78 is 13.7. The molecule has 4 rings (SSSR count). The quantitative estimate of drug-likeness (QED) is 0.389. The molecule has 0 aliphatic rings. The summed E-state index contributed by atoms with van der Waals surface area (Å²) in [6, 6.07) is 18.2. The fraction of sp³-hybridized carbons (Fsp3) is 0.0952. The summed E-state index contributed by atoms with van der Waals surface area (Å²) in [4.78, 5) is 16.5. The highest BCUT2D eigenvalue weighted by Crippen LogP contribution is 2.25. The van der Waals surface area contributed by atoms with E-state index in [-0.39, 0.29) is 18.3 Å². The van der Waals surface area contributed by atoms with Gasteiger partial charge in [-0.1, -0.05) is 35.9 Å². The molecule has 0 saturated heterocycles. The number of halogens is 2. The summed E-state index contributed by atoms with van der Waals surface area (Å²) in [6.07, 6.45) is 1.54. The molecule has 1 N–H and O–H groups in total. The summed E-state index contributed by atoms with van der Waals surface area (Å²) in [6.45, 7) is 0.684. The molecule has 0 saturated carbocycles. The molecule has 0 aliphatic heterocycles. The molecular weight excluding hydrogens is 472 g/mol. The van der Waals surface area contributed by atoms with E-state index in [0.717, 1.165) is 10.0 Å². The molecule has 30 heavy (non-hydrogen) atoms. The number of nitrogens with one attached hydrogen (secondary N) is 1. The molecule has 2 heterocycles. The minimum atomic E-state index is -0.442. The van der Waals surface area contributed by atoms with Crippen LogP contribution in [0, 0.1) is 0 Å². The van der Waals surface area contributed by atoms with E-state index in [2.05, 4.69) is 31.3 Å². The van der Waals surface area contributed by atoms with Crippen molar-refractivity contribution in [2.45, 2.75) is 13.2 Å². The first kappa shape index (κ1) is 20.2. The van der Waals surface area contributed by atoms with E-state index in [0.29, 0.717) is 23.1 Å². The van der Waals surface area contributed by atoms with Crippen molar-refractivity contribution >= 4 is 39.4 Å². The van der Waals surface area contributed by atoms with E-state index < -0.39 is 5.91 Å². The predicted octanol–water partition coefficient (Wildman–Crippen LogP) is 5.17. The van der Waals surface area contributed by atoms with Gasteiger partial charge >= 0.3 is 0 Å². The Morgan fingerprint density at radius 1 is 1.17 bits per heavy atom. The molecule has 2 aromatic heterocycles. The molecule has 2 aromatic carbocycles. The zero-order valence-electron chi connectivity index (χ0n) is 15.6. The maximum atomic E-state index is 12.4. The minimum absolute atomic E-state index is 0.145. The van der Waals surface area contributed by atoms with Crippen LogP contribution in [0.3, 0.4) is 0 Å². The van der Waals surface area contributed by atoms with Gasteiger partial charge in [0.2, 0.25) is 5.95 Å². The lowest BCUT2D eigenvalue weighted by atomic mass is 10.2. The van der Waals surface area contributed by atoms with E-state index >= 15 is 0 Å². The molecule has 0 radical (unpaired) electrons. The number of amides is 1. The molecule has 0 unspecified atom stereocenters. The van der Waals surface area contributed by atoms with Gasteiger partial charge in [-0.3, -0.25) is 10.1 Å². The first-order chi connectivity index (χ1) is 14.6. The highest BCUT2D eigenvalue weighted by molar-refractivity contribution is 9.10. The minimum Gasteiger partial charge on any atom is -0.484 e. The van der Waals surface area contributed by atoms with Crippen LogP contribution in [0.25, 0.3) is 0 Å². The number of hydrogen-bond donors (Lipinski definition) is 1. The number of carbonyl (C=O) groups is 1. The van der Waals surface area contributed by atoms with Gasteiger partial charge in [-0.15, -0.1) is 5.10 Å². The summed E-state index contributed by atoms with van der Waals surface area (Å²) in [7, 11) is 0. The standard InChI is InChI=1S/C21H16BrClN4O3/c22-17-6-1-2-7-18(17)29-12-16-8-9-19(30-16)20(28)25-21-24-13-27(26-21)11-14-4-3-5-15(23)10-14/h1-10,13H,11-12H2,(H,25,26,28). The molecule has 4 aromatic rings.